The Bertz CT molecular complexity index is 557. The van der Waals surface area contributed by atoms with E-state index in [1.165, 1.54) is 6.07 Å². The van der Waals surface area contributed by atoms with Crippen LogP contribution in [0, 0.1) is 11.6 Å². The van der Waals surface area contributed by atoms with Gasteiger partial charge < -0.3 is 5.11 Å². The molecule has 0 radical (unpaired) electrons. The molecule has 2 rings (SSSR count). The molecule has 0 saturated heterocycles. The second-order valence-corrected chi connectivity index (χ2v) is 4.94. The summed E-state index contributed by atoms with van der Waals surface area (Å²) in [6.45, 7) is 0. The van der Waals surface area contributed by atoms with Gasteiger partial charge in [0.25, 0.3) is 0 Å². The average molecular weight is 313 g/mol. The molecule has 1 unspecified atom stereocenters. The molecule has 0 fully saturated rings. The van der Waals surface area contributed by atoms with Gasteiger partial charge in [0.15, 0.2) is 11.6 Å². The van der Waals surface area contributed by atoms with E-state index >= 15 is 0 Å². The molecular formula is C14H11BrF2O. The van der Waals surface area contributed by atoms with Crippen molar-refractivity contribution in [3.8, 4) is 0 Å². The SMILES string of the molecule is OC(Cc1cccc(Br)c1)c1ccc(F)c(F)c1. The smallest absolute Gasteiger partial charge is 0.159 e. The maximum absolute atomic E-state index is 13.0. The molecule has 0 bridgehead atoms. The van der Waals surface area contributed by atoms with Gasteiger partial charge in [-0.1, -0.05) is 34.1 Å². The van der Waals surface area contributed by atoms with Crippen LogP contribution in [-0.4, -0.2) is 5.11 Å². The minimum absolute atomic E-state index is 0.352. The summed E-state index contributed by atoms with van der Waals surface area (Å²) in [5.74, 6) is -1.85. The van der Waals surface area contributed by atoms with Crippen molar-refractivity contribution in [2.24, 2.45) is 0 Å². The van der Waals surface area contributed by atoms with Gasteiger partial charge in [-0.15, -0.1) is 0 Å². The van der Waals surface area contributed by atoms with Crippen LogP contribution in [0.5, 0.6) is 0 Å². The molecule has 1 atom stereocenters. The van der Waals surface area contributed by atoms with E-state index in [-0.39, 0.29) is 0 Å². The fraction of sp³-hybridized carbons (Fsp3) is 0.143. The molecule has 18 heavy (non-hydrogen) atoms. The monoisotopic (exact) mass is 312 g/mol. The Morgan fingerprint density at radius 2 is 1.83 bits per heavy atom. The summed E-state index contributed by atoms with van der Waals surface area (Å²) in [4.78, 5) is 0. The van der Waals surface area contributed by atoms with Crippen molar-refractivity contribution in [2.45, 2.75) is 12.5 Å². The third kappa shape index (κ3) is 3.15. The highest BCUT2D eigenvalue weighted by atomic mass is 79.9. The van der Waals surface area contributed by atoms with Crippen molar-refractivity contribution in [3.05, 3.63) is 69.7 Å². The summed E-state index contributed by atoms with van der Waals surface area (Å²) in [5.41, 5.74) is 1.29. The number of benzene rings is 2. The van der Waals surface area contributed by atoms with Crippen LogP contribution in [-0.2, 0) is 6.42 Å². The second kappa shape index (κ2) is 5.59. The molecule has 2 aromatic carbocycles. The Balaban J connectivity index is 2.16. The van der Waals surface area contributed by atoms with Crippen LogP contribution in [0.25, 0.3) is 0 Å². The minimum atomic E-state index is -0.944. The highest BCUT2D eigenvalue weighted by Gasteiger charge is 2.11. The predicted molar refractivity (Wildman–Crippen MR) is 69.2 cm³/mol. The highest BCUT2D eigenvalue weighted by Crippen LogP contribution is 2.22. The standard InChI is InChI=1S/C14H11BrF2O/c15-11-3-1-2-9(6-11)7-14(18)10-4-5-12(16)13(17)8-10/h1-6,8,14,18H,7H2. The molecule has 0 saturated carbocycles. The van der Waals surface area contributed by atoms with E-state index in [1.807, 2.05) is 24.3 Å². The summed E-state index contributed by atoms with van der Waals surface area (Å²) < 4.78 is 26.7. The molecule has 1 nitrogen and oxygen atoms in total. The van der Waals surface area contributed by atoms with E-state index in [2.05, 4.69) is 15.9 Å². The summed E-state index contributed by atoms with van der Waals surface area (Å²) in [5, 5.41) is 9.98. The fourth-order valence-corrected chi connectivity index (χ4v) is 2.17. The maximum atomic E-state index is 13.0. The van der Waals surface area contributed by atoms with E-state index in [0.717, 1.165) is 22.2 Å². The van der Waals surface area contributed by atoms with Crippen molar-refractivity contribution < 1.29 is 13.9 Å². The van der Waals surface area contributed by atoms with Crippen molar-refractivity contribution in [3.63, 3.8) is 0 Å². The van der Waals surface area contributed by atoms with Crippen molar-refractivity contribution in [1.82, 2.24) is 0 Å². The molecule has 0 amide bonds. The van der Waals surface area contributed by atoms with Gasteiger partial charge in [-0.2, -0.15) is 0 Å². The fourth-order valence-electron chi connectivity index (χ4n) is 1.72. The van der Waals surface area contributed by atoms with Gasteiger partial charge in [0, 0.05) is 10.9 Å². The number of aliphatic hydroxyl groups is 1. The predicted octanol–water partition coefficient (Wildman–Crippen LogP) is 4.00. The van der Waals surface area contributed by atoms with Crippen LogP contribution in [0.4, 0.5) is 8.78 Å². The molecular weight excluding hydrogens is 302 g/mol. The van der Waals surface area contributed by atoms with Gasteiger partial charge >= 0.3 is 0 Å². The molecule has 0 aliphatic carbocycles. The van der Waals surface area contributed by atoms with E-state index < -0.39 is 17.7 Å². The first-order valence-electron chi connectivity index (χ1n) is 5.44. The molecule has 0 spiro atoms. The number of hydrogen-bond acceptors (Lipinski definition) is 1. The van der Waals surface area contributed by atoms with Crippen LogP contribution in [0.2, 0.25) is 0 Å². The molecule has 0 aliphatic heterocycles. The van der Waals surface area contributed by atoms with Gasteiger partial charge in [0.2, 0.25) is 0 Å². The zero-order chi connectivity index (χ0) is 13.1. The molecule has 4 heteroatoms. The van der Waals surface area contributed by atoms with Gasteiger partial charge in [-0.3, -0.25) is 0 Å². The maximum Gasteiger partial charge on any atom is 0.159 e. The molecule has 0 heterocycles. The average Bonchev–Trinajstić information content (AvgIpc) is 2.32. The largest absolute Gasteiger partial charge is 0.388 e. The molecule has 2 aromatic rings. The molecule has 0 aromatic heterocycles. The lowest BCUT2D eigenvalue weighted by atomic mass is 10.0. The Labute approximate surface area is 112 Å². The number of hydrogen-bond donors (Lipinski definition) is 1. The van der Waals surface area contributed by atoms with Crippen molar-refractivity contribution >= 4 is 15.9 Å². The zero-order valence-electron chi connectivity index (χ0n) is 9.41. The van der Waals surface area contributed by atoms with Gasteiger partial charge in [-0.25, -0.2) is 8.78 Å². The van der Waals surface area contributed by atoms with Crippen LogP contribution in [0.15, 0.2) is 46.9 Å². The number of aliphatic hydroxyl groups excluding tert-OH is 1. The normalized spacial score (nSPS) is 12.4. The van der Waals surface area contributed by atoms with E-state index in [1.54, 1.807) is 0 Å². The lowest BCUT2D eigenvalue weighted by molar-refractivity contribution is 0.178. The van der Waals surface area contributed by atoms with Crippen LogP contribution < -0.4 is 0 Å². The Morgan fingerprint density at radius 3 is 2.50 bits per heavy atom. The number of halogens is 3. The van der Waals surface area contributed by atoms with E-state index in [4.69, 9.17) is 0 Å². The van der Waals surface area contributed by atoms with Crippen LogP contribution in [0.1, 0.15) is 17.2 Å². The highest BCUT2D eigenvalue weighted by molar-refractivity contribution is 9.10. The summed E-state index contributed by atoms with van der Waals surface area (Å²) >= 11 is 3.34. The summed E-state index contributed by atoms with van der Waals surface area (Å²) in [6, 6.07) is 10.9. The van der Waals surface area contributed by atoms with Crippen molar-refractivity contribution in [1.29, 1.82) is 0 Å². The summed E-state index contributed by atoms with van der Waals surface area (Å²) in [6.07, 6.45) is -0.501. The van der Waals surface area contributed by atoms with Gasteiger partial charge in [0.05, 0.1) is 6.10 Å². The third-order valence-corrected chi connectivity index (χ3v) is 3.14. The Morgan fingerprint density at radius 1 is 1.06 bits per heavy atom. The topological polar surface area (TPSA) is 20.2 Å². The zero-order valence-corrected chi connectivity index (χ0v) is 11.0. The van der Waals surface area contributed by atoms with Crippen LogP contribution in [0.3, 0.4) is 0 Å². The Hall–Kier alpha value is -1.26. The molecule has 94 valence electrons. The molecule has 1 N–H and O–H groups in total. The van der Waals surface area contributed by atoms with Gasteiger partial charge in [0.1, 0.15) is 0 Å². The third-order valence-electron chi connectivity index (χ3n) is 2.65. The summed E-state index contributed by atoms with van der Waals surface area (Å²) in [7, 11) is 0. The van der Waals surface area contributed by atoms with E-state index in [9.17, 15) is 13.9 Å². The minimum Gasteiger partial charge on any atom is -0.388 e. The first-order chi connectivity index (χ1) is 8.56. The second-order valence-electron chi connectivity index (χ2n) is 4.02. The first kappa shape index (κ1) is 13.2. The lowest BCUT2D eigenvalue weighted by Crippen LogP contribution is -2.03. The van der Waals surface area contributed by atoms with Crippen molar-refractivity contribution in [2.75, 3.05) is 0 Å². The number of rotatable bonds is 3. The quantitative estimate of drug-likeness (QED) is 0.908. The lowest BCUT2D eigenvalue weighted by Gasteiger charge is -2.11. The van der Waals surface area contributed by atoms with Crippen LogP contribution >= 0.6 is 15.9 Å². The first-order valence-corrected chi connectivity index (χ1v) is 6.23. The Kier molecular flexibility index (Phi) is 4.09. The molecule has 0 aliphatic rings. The van der Waals surface area contributed by atoms with E-state index in [0.29, 0.717) is 12.0 Å². The van der Waals surface area contributed by atoms with Gasteiger partial charge in [-0.05, 0) is 35.4 Å².